The van der Waals surface area contributed by atoms with Gasteiger partial charge in [0.2, 0.25) is 0 Å². The lowest BCUT2D eigenvalue weighted by Gasteiger charge is -2.29. The Morgan fingerprint density at radius 1 is 1.16 bits per heavy atom. The number of nitrogens with zero attached hydrogens (tertiary/aromatic N) is 1. The number of aromatic nitrogens is 1. The first kappa shape index (κ1) is 15.7. The molecule has 2 atom stereocenters. The number of aromatic amines is 1. The van der Waals surface area contributed by atoms with Crippen molar-refractivity contribution in [3.63, 3.8) is 0 Å². The number of H-pyrrole nitrogens is 1. The van der Waals surface area contributed by atoms with E-state index < -0.39 is 0 Å². The first-order chi connectivity index (χ1) is 12.4. The second kappa shape index (κ2) is 6.62. The quantitative estimate of drug-likeness (QED) is 0.881. The predicted molar refractivity (Wildman–Crippen MR) is 105 cm³/mol. The molecular formula is C22H29N3. The lowest BCUT2D eigenvalue weighted by molar-refractivity contribution is 0.275. The molecule has 2 aromatic rings. The summed E-state index contributed by atoms with van der Waals surface area (Å²) >= 11 is 0. The molecule has 3 aliphatic heterocycles. The SMILES string of the molecule is C1=C(c2ccc3[nH]cc(CC[C@H]4CCCN4)c3c2)C[C@H]2CCCN2C1. The van der Waals surface area contributed by atoms with Crippen molar-refractivity contribution in [2.24, 2.45) is 0 Å². The van der Waals surface area contributed by atoms with Gasteiger partial charge in [-0.05, 0) is 86.9 Å². The van der Waals surface area contributed by atoms with Gasteiger partial charge in [-0.15, -0.1) is 0 Å². The maximum Gasteiger partial charge on any atom is 0.0457 e. The summed E-state index contributed by atoms with van der Waals surface area (Å²) in [6.45, 7) is 3.64. The first-order valence-electron chi connectivity index (χ1n) is 10.1. The fourth-order valence-corrected chi connectivity index (χ4v) is 5.08. The minimum absolute atomic E-state index is 0.725. The Morgan fingerprint density at radius 2 is 2.16 bits per heavy atom. The predicted octanol–water partition coefficient (Wildman–Crippen LogP) is 4.10. The Bertz CT molecular complexity index is 782. The standard InChI is InChI=1S/C22H29N3/c1-3-19(23-10-1)7-5-18-15-24-22-8-6-16(14-21(18)22)17-9-12-25-11-2-4-20(25)13-17/h6,8-9,14-15,19-20,23-24H,1-5,7,10-13H2/t19-,20-/m1/s1. The van der Waals surface area contributed by atoms with E-state index in [0.29, 0.717) is 0 Å². The van der Waals surface area contributed by atoms with Crippen molar-refractivity contribution in [1.82, 2.24) is 15.2 Å². The zero-order valence-corrected chi connectivity index (χ0v) is 15.1. The number of rotatable bonds is 4. The van der Waals surface area contributed by atoms with Gasteiger partial charge in [-0.1, -0.05) is 12.1 Å². The highest BCUT2D eigenvalue weighted by Gasteiger charge is 2.28. The fraction of sp³-hybridized carbons (Fsp3) is 0.545. The third-order valence-corrected chi connectivity index (χ3v) is 6.59. The van der Waals surface area contributed by atoms with Crippen LogP contribution in [0.4, 0.5) is 0 Å². The highest BCUT2D eigenvalue weighted by molar-refractivity contribution is 5.87. The number of nitrogens with one attached hydrogen (secondary N) is 2. The molecule has 1 aromatic carbocycles. The topological polar surface area (TPSA) is 31.1 Å². The van der Waals surface area contributed by atoms with Crippen LogP contribution in [0.25, 0.3) is 16.5 Å². The second-order valence-corrected chi connectivity index (χ2v) is 8.13. The lowest BCUT2D eigenvalue weighted by atomic mass is 9.93. The average molecular weight is 335 g/mol. The van der Waals surface area contributed by atoms with Gasteiger partial charge in [0.25, 0.3) is 0 Å². The molecule has 25 heavy (non-hydrogen) atoms. The van der Waals surface area contributed by atoms with Gasteiger partial charge in [0.05, 0.1) is 0 Å². The van der Waals surface area contributed by atoms with Crippen molar-refractivity contribution >= 4 is 16.5 Å². The van der Waals surface area contributed by atoms with Gasteiger partial charge < -0.3 is 10.3 Å². The maximum atomic E-state index is 3.63. The van der Waals surface area contributed by atoms with Crippen LogP contribution >= 0.6 is 0 Å². The second-order valence-electron chi connectivity index (χ2n) is 8.13. The highest BCUT2D eigenvalue weighted by Crippen LogP contribution is 2.33. The molecule has 3 nitrogen and oxygen atoms in total. The van der Waals surface area contributed by atoms with Crippen LogP contribution in [0.5, 0.6) is 0 Å². The number of fused-ring (bicyclic) bond motifs is 2. The lowest BCUT2D eigenvalue weighted by Crippen LogP contribution is -2.32. The van der Waals surface area contributed by atoms with Crippen molar-refractivity contribution in [1.29, 1.82) is 0 Å². The average Bonchev–Trinajstić information content (AvgIpc) is 3.39. The van der Waals surface area contributed by atoms with E-state index in [-0.39, 0.29) is 0 Å². The van der Waals surface area contributed by atoms with Gasteiger partial charge in [-0.2, -0.15) is 0 Å². The molecule has 3 heteroatoms. The Morgan fingerprint density at radius 3 is 3.08 bits per heavy atom. The van der Waals surface area contributed by atoms with Crippen LogP contribution in [0.1, 0.15) is 49.7 Å². The Balaban J connectivity index is 1.38. The van der Waals surface area contributed by atoms with E-state index in [2.05, 4.69) is 45.7 Å². The molecule has 132 valence electrons. The number of aryl methyl sites for hydroxylation is 1. The van der Waals surface area contributed by atoms with Gasteiger partial charge in [0, 0.05) is 35.7 Å². The monoisotopic (exact) mass is 335 g/mol. The Labute approximate surface area is 150 Å². The van der Waals surface area contributed by atoms with Gasteiger partial charge >= 0.3 is 0 Å². The van der Waals surface area contributed by atoms with Crippen LogP contribution in [-0.4, -0.2) is 41.6 Å². The van der Waals surface area contributed by atoms with E-state index in [1.54, 1.807) is 5.57 Å². The molecule has 5 rings (SSSR count). The third-order valence-electron chi connectivity index (χ3n) is 6.59. The molecule has 0 saturated carbocycles. The van der Waals surface area contributed by atoms with E-state index in [1.807, 2.05) is 0 Å². The van der Waals surface area contributed by atoms with E-state index >= 15 is 0 Å². The van der Waals surface area contributed by atoms with Crippen molar-refractivity contribution in [3.8, 4) is 0 Å². The Hall–Kier alpha value is -1.58. The van der Waals surface area contributed by atoms with E-state index in [0.717, 1.165) is 18.6 Å². The summed E-state index contributed by atoms with van der Waals surface area (Å²) in [7, 11) is 0. The summed E-state index contributed by atoms with van der Waals surface area (Å²) in [4.78, 5) is 6.13. The van der Waals surface area contributed by atoms with Crippen LogP contribution in [-0.2, 0) is 6.42 Å². The van der Waals surface area contributed by atoms with Crippen molar-refractivity contribution in [3.05, 3.63) is 41.6 Å². The minimum atomic E-state index is 0.725. The summed E-state index contributed by atoms with van der Waals surface area (Å²) < 4.78 is 0. The summed E-state index contributed by atoms with van der Waals surface area (Å²) in [5.74, 6) is 0. The molecule has 0 spiro atoms. The van der Waals surface area contributed by atoms with Crippen molar-refractivity contribution < 1.29 is 0 Å². The Kier molecular flexibility index (Phi) is 4.15. The molecule has 2 N–H and O–H groups in total. The molecule has 0 aliphatic carbocycles. The number of hydrogen-bond acceptors (Lipinski definition) is 2. The number of hydrogen-bond donors (Lipinski definition) is 2. The third kappa shape index (κ3) is 3.04. The maximum absolute atomic E-state index is 3.63. The van der Waals surface area contributed by atoms with Gasteiger partial charge in [-0.25, -0.2) is 0 Å². The molecule has 1 aromatic heterocycles. The first-order valence-corrected chi connectivity index (χ1v) is 10.1. The molecule has 0 radical (unpaired) electrons. The molecular weight excluding hydrogens is 306 g/mol. The zero-order chi connectivity index (χ0) is 16.6. The number of benzene rings is 1. The summed E-state index contributed by atoms with van der Waals surface area (Å²) in [6.07, 6.45) is 13.8. The van der Waals surface area contributed by atoms with Crippen LogP contribution < -0.4 is 5.32 Å². The van der Waals surface area contributed by atoms with Crippen molar-refractivity contribution in [2.45, 2.75) is 57.0 Å². The fourth-order valence-electron chi connectivity index (χ4n) is 5.08. The van der Waals surface area contributed by atoms with E-state index in [9.17, 15) is 0 Å². The van der Waals surface area contributed by atoms with Crippen molar-refractivity contribution in [2.75, 3.05) is 19.6 Å². The van der Waals surface area contributed by atoms with Crippen LogP contribution in [0.3, 0.4) is 0 Å². The largest absolute Gasteiger partial charge is 0.361 e. The molecule has 0 bridgehead atoms. The molecule has 0 amide bonds. The highest BCUT2D eigenvalue weighted by atomic mass is 15.2. The van der Waals surface area contributed by atoms with Gasteiger partial charge in [0.1, 0.15) is 0 Å². The molecule has 0 unspecified atom stereocenters. The van der Waals surface area contributed by atoms with Crippen LogP contribution in [0.15, 0.2) is 30.5 Å². The summed E-state index contributed by atoms with van der Waals surface area (Å²) in [5, 5.41) is 5.06. The minimum Gasteiger partial charge on any atom is -0.361 e. The van der Waals surface area contributed by atoms with Crippen LogP contribution in [0.2, 0.25) is 0 Å². The van der Waals surface area contributed by atoms with E-state index in [4.69, 9.17) is 0 Å². The van der Waals surface area contributed by atoms with Gasteiger partial charge in [0.15, 0.2) is 0 Å². The summed E-state index contributed by atoms with van der Waals surface area (Å²) in [6, 6.07) is 8.55. The molecule has 2 fully saturated rings. The molecule has 3 aliphatic rings. The summed E-state index contributed by atoms with van der Waals surface area (Å²) in [5.41, 5.74) is 5.79. The molecule has 2 saturated heterocycles. The smallest absolute Gasteiger partial charge is 0.0457 e. The van der Waals surface area contributed by atoms with Gasteiger partial charge in [-0.3, -0.25) is 4.90 Å². The molecule has 4 heterocycles. The normalized spacial score (nSPS) is 27.0. The van der Waals surface area contributed by atoms with E-state index in [1.165, 1.54) is 80.1 Å². The zero-order valence-electron chi connectivity index (χ0n) is 15.1. The van der Waals surface area contributed by atoms with Crippen LogP contribution in [0, 0.1) is 0 Å².